The minimum absolute atomic E-state index is 0.157. The number of hydrazone groups is 1. The summed E-state index contributed by atoms with van der Waals surface area (Å²) in [6.07, 6.45) is 1.65. The zero-order valence-corrected chi connectivity index (χ0v) is 15.2. The molecule has 0 saturated heterocycles. The van der Waals surface area contributed by atoms with Crippen molar-refractivity contribution in [1.82, 2.24) is 9.55 Å². The number of nitrogens with one attached hydrogen (secondary N) is 1. The molecule has 0 aliphatic carbocycles. The highest BCUT2D eigenvalue weighted by Crippen LogP contribution is 2.16. The summed E-state index contributed by atoms with van der Waals surface area (Å²) in [5.74, 6) is 1.09. The number of fused-ring (bicyclic) bond motifs is 1. The van der Waals surface area contributed by atoms with Crippen molar-refractivity contribution in [3.8, 4) is 11.4 Å². The minimum Gasteiger partial charge on any atom is -0.497 e. The quantitative estimate of drug-likeness (QED) is 0.428. The Kier molecular flexibility index (Phi) is 4.84. The summed E-state index contributed by atoms with van der Waals surface area (Å²) in [7, 11) is 1.62. The molecule has 1 heterocycles. The molecule has 0 bridgehead atoms. The van der Waals surface area contributed by atoms with E-state index in [-0.39, 0.29) is 5.56 Å². The lowest BCUT2D eigenvalue weighted by Crippen LogP contribution is -2.22. The molecule has 0 radical (unpaired) electrons. The fourth-order valence-electron chi connectivity index (χ4n) is 2.91. The zero-order valence-electron chi connectivity index (χ0n) is 15.2. The highest BCUT2D eigenvalue weighted by Gasteiger charge is 2.11. The third-order valence-electron chi connectivity index (χ3n) is 4.26. The van der Waals surface area contributed by atoms with Crippen LogP contribution in [0.1, 0.15) is 5.56 Å². The molecule has 6 heteroatoms. The second-order valence-corrected chi connectivity index (χ2v) is 6.08. The van der Waals surface area contributed by atoms with E-state index in [0.29, 0.717) is 22.5 Å². The Morgan fingerprint density at radius 3 is 2.61 bits per heavy atom. The molecule has 4 rings (SSSR count). The standard InChI is InChI=1S/C22H18N4O2/c1-28-18-11-7-8-16(14-18)15-23-25-22-24-20-13-6-5-12-19(20)21(27)26(22)17-9-3-2-4-10-17/h2-15H,1H3,(H,24,25)/b23-15+. The van der Waals surface area contributed by atoms with Gasteiger partial charge in [0.05, 0.1) is 29.9 Å². The van der Waals surface area contributed by atoms with Crippen molar-refractivity contribution < 1.29 is 4.74 Å². The Hall–Kier alpha value is -3.93. The Morgan fingerprint density at radius 2 is 1.79 bits per heavy atom. The van der Waals surface area contributed by atoms with Gasteiger partial charge in [-0.1, -0.05) is 42.5 Å². The lowest BCUT2D eigenvalue weighted by atomic mass is 10.2. The molecule has 0 spiro atoms. The predicted octanol–water partition coefficient (Wildman–Crippen LogP) is 3.84. The van der Waals surface area contributed by atoms with E-state index in [1.165, 1.54) is 4.57 Å². The number of methoxy groups -OCH3 is 1. The molecule has 138 valence electrons. The van der Waals surface area contributed by atoms with Crippen molar-refractivity contribution in [2.45, 2.75) is 0 Å². The molecule has 0 amide bonds. The van der Waals surface area contributed by atoms with Crippen molar-refractivity contribution >= 4 is 23.1 Å². The number of rotatable bonds is 5. The summed E-state index contributed by atoms with van der Waals surface area (Å²) in [6.45, 7) is 0. The number of para-hydroxylation sites is 2. The van der Waals surface area contributed by atoms with Gasteiger partial charge in [0.25, 0.3) is 5.56 Å². The van der Waals surface area contributed by atoms with Crippen molar-refractivity contribution in [2.75, 3.05) is 12.5 Å². The molecule has 0 fully saturated rings. The number of nitrogens with zero attached hydrogens (tertiary/aromatic N) is 3. The molecule has 1 N–H and O–H groups in total. The van der Waals surface area contributed by atoms with Crippen molar-refractivity contribution in [1.29, 1.82) is 0 Å². The predicted molar refractivity (Wildman–Crippen MR) is 112 cm³/mol. The monoisotopic (exact) mass is 370 g/mol. The Labute approximate surface area is 161 Å². The first-order valence-electron chi connectivity index (χ1n) is 8.76. The maximum absolute atomic E-state index is 13.1. The average Bonchev–Trinajstić information content (AvgIpc) is 2.75. The van der Waals surface area contributed by atoms with Crippen LogP contribution in [0.3, 0.4) is 0 Å². The van der Waals surface area contributed by atoms with Crippen LogP contribution in [0, 0.1) is 0 Å². The molecular formula is C22H18N4O2. The van der Waals surface area contributed by atoms with E-state index in [4.69, 9.17) is 4.74 Å². The van der Waals surface area contributed by atoms with Gasteiger partial charge in [0.1, 0.15) is 5.75 Å². The highest BCUT2D eigenvalue weighted by molar-refractivity contribution is 5.81. The van der Waals surface area contributed by atoms with Crippen LogP contribution in [0.5, 0.6) is 5.75 Å². The van der Waals surface area contributed by atoms with Gasteiger partial charge in [-0.15, -0.1) is 0 Å². The Morgan fingerprint density at radius 1 is 1.00 bits per heavy atom. The number of aromatic nitrogens is 2. The van der Waals surface area contributed by atoms with Crippen LogP contribution in [0.2, 0.25) is 0 Å². The third-order valence-corrected chi connectivity index (χ3v) is 4.26. The average molecular weight is 370 g/mol. The first kappa shape index (κ1) is 17.5. The largest absolute Gasteiger partial charge is 0.497 e. The van der Waals surface area contributed by atoms with Gasteiger partial charge >= 0.3 is 0 Å². The molecule has 3 aromatic carbocycles. The van der Waals surface area contributed by atoms with Gasteiger partial charge in [-0.3, -0.25) is 4.79 Å². The first-order valence-corrected chi connectivity index (χ1v) is 8.76. The van der Waals surface area contributed by atoms with Crippen LogP contribution in [0.25, 0.3) is 16.6 Å². The molecule has 0 saturated carbocycles. The summed E-state index contributed by atoms with van der Waals surface area (Å²) in [5.41, 5.74) is 4.94. The number of anilines is 1. The lowest BCUT2D eigenvalue weighted by Gasteiger charge is -2.12. The summed E-state index contributed by atoms with van der Waals surface area (Å²) < 4.78 is 6.74. The number of benzene rings is 3. The smallest absolute Gasteiger partial charge is 0.267 e. The molecule has 0 aliphatic heterocycles. The van der Waals surface area contributed by atoms with Crippen molar-refractivity contribution in [3.63, 3.8) is 0 Å². The van der Waals surface area contributed by atoms with Gasteiger partial charge in [0.2, 0.25) is 5.95 Å². The molecule has 0 unspecified atom stereocenters. The van der Waals surface area contributed by atoms with E-state index in [1.807, 2.05) is 72.8 Å². The van der Waals surface area contributed by atoms with E-state index in [0.717, 1.165) is 11.3 Å². The topological polar surface area (TPSA) is 68.5 Å². The van der Waals surface area contributed by atoms with Gasteiger partial charge < -0.3 is 4.74 Å². The molecule has 28 heavy (non-hydrogen) atoms. The molecule has 0 aliphatic rings. The minimum atomic E-state index is -0.157. The highest BCUT2D eigenvalue weighted by atomic mass is 16.5. The molecule has 6 nitrogen and oxygen atoms in total. The van der Waals surface area contributed by atoms with Crippen molar-refractivity contribution in [2.24, 2.45) is 5.10 Å². The van der Waals surface area contributed by atoms with Gasteiger partial charge in [0.15, 0.2) is 0 Å². The number of ether oxygens (including phenoxy) is 1. The SMILES string of the molecule is COc1cccc(/C=N/Nc2nc3ccccc3c(=O)n2-c2ccccc2)c1. The van der Waals surface area contributed by atoms with E-state index < -0.39 is 0 Å². The van der Waals surface area contributed by atoms with E-state index in [2.05, 4.69) is 15.5 Å². The van der Waals surface area contributed by atoms with Gasteiger partial charge in [-0.2, -0.15) is 5.10 Å². The number of hydrogen-bond acceptors (Lipinski definition) is 5. The van der Waals surface area contributed by atoms with Gasteiger partial charge in [-0.25, -0.2) is 15.0 Å². The Balaban J connectivity index is 1.77. The molecule has 4 aromatic rings. The van der Waals surface area contributed by atoms with Crippen LogP contribution < -0.4 is 15.7 Å². The van der Waals surface area contributed by atoms with Crippen LogP contribution >= 0.6 is 0 Å². The van der Waals surface area contributed by atoms with E-state index in [9.17, 15) is 4.79 Å². The van der Waals surface area contributed by atoms with Crippen molar-refractivity contribution in [3.05, 3.63) is 94.8 Å². The summed E-state index contributed by atoms with van der Waals surface area (Å²) in [5, 5.41) is 4.82. The molecule has 1 aromatic heterocycles. The van der Waals surface area contributed by atoms with Gasteiger partial charge in [-0.05, 0) is 42.0 Å². The van der Waals surface area contributed by atoms with E-state index >= 15 is 0 Å². The van der Waals surface area contributed by atoms with Gasteiger partial charge in [0, 0.05) is 0 Å². The zero-order chi connectivity index (χ0) is 19.3. The lowest BCUT2D eigenvalue weighted by molar-refractivity contribution is 0.415. The first-order chi connectivity index (χ1) is 13.8. The van der Waals surface area contributed by atoms with Crippen LogP contribution in [0.15, 0.2) is 88.8 Å². The molecule has 0 atom stereocenters. The third kappa shape index (κ3) is 3.48. The fraction of sp³-hybridized carbons (Fsp3) is 0.0455. The summed E-state index contributed by atoms with van der Waals surface area (Å²) >= 11 is 0. The summed E-state index contributed by atoms with van der Waals surface area (Å²) in [6, 6.07) is 24.1. The van der Waals surface area contributed by atoms with E-state index in [1.54, 1.807) is 19.4 Å². The number of hydrogen-bond donors (Lipinski definition) is 1. The van der Waals surface area contributed by atoms with Crippen LogP contribution in [-0.4, -0.2) is 22.9 Å². The maximum Gasteiger partial charge on any atom is 0.267 e. The van der Waals surface area contributed by atoms with Crippen LogP contribution in [0.4, 0.5) is 5.95 Å². The van der Waals surface area contributed by atoms with Crippen LogP contribution in [-0.2, 0) is 0 Å². The normalized spacial score (nSPS) is 11.0. The summed E-state index contributed by atoms with van der Waals surface area (Å²) in [4.78, 5) is 17.7. The fourth-order valence-corrected chi connectivity index (χ4v) is 2.91. The molecular weight excluding hydrogens is 352 g/mol. The Bertz CT molecular complexity index is 1200. The second kappa shape index (κ2) is 7.75. The maximum atomic E-state index is 13.1. The second-order valence-electron chi connectivity index (χ2n) is 6.08.